The van der Waals surface area contributed by atoms with Gasteiger partial charge in [-0.15, -0.1) is 0 Å². The van der Waals surface area contributed by atoms with Gasteiger partial charge in [0.05, 0.1) is 25.5 Å². The van der Waals surface area contributed by atoms with Crippen LogP contribution in [0.15, 0.2) is 79.3 Å². The van der Waals surface area contributed by atoms with Crippen LogP contribution in [0.1, 0.15) is 10.4 Å². The molecule has 0 spiro atoms. The van der Waals surface area contributed by atoms with Crippen LogP contribution in [0, 0.1) is 5.82 Å². The van der Waals surface area contributed by atoms with Crippen molar-refractivity contribution in [2.24, 2.45) is 0 Å². The molecule has 0 fully saturated rings. The number of ether oxygens (including phenoxy) is 1. The number of halogens is 1. The van der Waals surface area contributed by atoms with Crippen LogP contribution in [0.2, 0.25) is 0 Å². The van der Waals surface area contributed by atoms with E-state index in [2.05, 4.69) is 15.4 Å². The van der Waals surface area contributed by atoms with Crippen LogP contribution >= 0.6 is 0 Å². The van der Waals surface area contributed by atoms with Crippen molar-refractivity contribution in [1.82, 2.24) is 20.1 Å². The Labute approximate surface area is 179 Å². The number of benzene rings is 2. The summed E-state index contributed by atoms with van der Waals surface area (Å²) in [6.45, 7) is 0.708. The van der Waals surface area contributed by atoms with Crippen LogP contribution in [-0.2, 0) is 6.54 Å². The van der Waals surface area contributed by atoms with Crippen molar-refractivity contribution < 1.29 is 13.9 Å². The molecule has 7 heteroatoms. The zero-order chi connectivity index (χ0) is 21.6. The Morgan fingerprint density at radius 2 is 1.87 bits per heavy atom. The molecular weight excluding hydrogens is 395 g/mol. The van der Waals surface area contributed by atoms with Crippen LogP contribution in [0.4, 0.5) is 4.39 Å². The smallest absolute Gasteiger partial charge is 0.251 e. The average Bonchev–Trinajstić information content (AvgIpc) is 3.23. The molecule has 4 rings (SSSR count). The highest BCUT2D eigenvalue weighted by Gasteiger charge is 2.18. The minimum Gasteiger partial charge on any atom is -0.497 e. The maximum absolute atomic E-state index is 14.6. The van der Waals surface area contributed by atoms with Crippen molar-refractivity contribution in [2.45, 2.75) is 6.54 Å². The summed E-state index contributed by atoms with van der Waals surface area (Å²) in [7, 11) is 1.55. The van der Waals surface area contributed by atoms with Gasteiger partial charge in [-0.1, -0.05) is 18.2 Å². The topological polar surface area (TPSA) is 69.0 Å². The van der Waals surface area contributed by atoms with Gasteiger partial charge < -0.3 is 10.1 Å². The molecule has 2 heterocycles. The van der Waals surface area contributed by atoms with E-state index < -0.39 is 0 Å². The number of carbonyl (C=O) groups is 1. The van der Waals surface area contributed by atoms with Gasteiger partial charge in [-0.3, -0.25) is 14.5 Å². The first kappa shape index (κ1) is 20.3. The summed E-state index contributed by atoms with van der Waals surface area (Å²) in [5.74, 6) is 0.0661. The van der Waals surface area contributed by atoms with Crippen molar-refractivity contribution in [1.29, 1.82) is 0 Å². The number of pyridine rings is 1. The highest BCUT2D eigenvalue weighted by Crippen LogP contribution is 2.33. The maximum atomic E-state index is 14.6. The van der Waals surface area contributed by atoms with Gasteiger partial charge in [-0.2, -0.15) is 5.10 Å². The Balaban J connectivity index is 1.58. The van der Waals surface area contributed by atoms with E-state index in [9.17, 15) is 9.18 Å². The van der Waals surface area contributed by atoms with Gasteiger partial charge in [-0.05, 0) is 48.0 Å². The van der Waals surface area contributed by atoms with Gasteiger partial charge >= 0.3 is 0 Å². The van der Waals surface area contributed by atoms with Crippen LogP contribution in [0.5, 0.6) is 5.75 Å². The number of methoxy groups -OCH3 is 1. The Morgan fingerprint density at radius 1 is 1.06 bits per heavy atom. The van der Waals surface area contributed by atoms with E-state index in [0.29, 0.717) is 35.7 Å². The van der Waals surface area contributed by atoms with Crippen molar-refractivity contribution in [3.63, 3.8) is 0 Å². The molecular formula is C24H21FN4O2. The van der Waals surface area contributed by atoms with Crippen molar-refractivity contribution in [3.8, 4) is 28.1 Å². The highest BCUT2D eigenvalue weighted by atomic mass is 19.1. The van der Waals surface area contributed by atoms with E-state index in [4.69, 9.17) is 4.74 Å². The van der Waals surface area contributed by atoms with E-state index in [1.807, 2.05) is 12.1 Å². The molecule has 2 aromatic heterocycles. The second kappa shape index (κ2) is 9.21. The number of amides is 1. The Bertz CT molecular complexity index is 1190. The normalized spacial score (nSPS) is 10.6. The molecule has 1 N–H and O–H groups in total. The van der Waals surface area contributed by atoms with Crippen LogP contribution < -0.4 is 10.1 Å². The standard InChI is InChI=1S/C24H21FN4O2/c1-31-19-6-4-5-18(15-19)24(30)27-13-14-29-23(20-7-2-3-8-22(20)25)21(16-28-29)17-9-11-26-12-10-17/h2-12,15-16H,13-14H2,1H3,(H,27,30). The number of hydrogen-bond acceptors (Lipinski definition) is 4. The number of rotatable bonds is 7. The van der Waals surface area contributed by atoms with E-state index in [0.717, 1.165) is 11.1 Å². The first-order chi connectivity index (χ1) is 15.2. The summed E-state index contributed by atoms with van der Waals surface area (Å²) in [5, 5.41) is 7.35. The molecule has 31 heavy (non-hydrogen) atoms. The molecule has 1 amide bonds. The lowest BCUT2D eigenvalue weighted by Crippen LogP contribution is -2.27. The van der Waals surface area contributed by atoms with E-state index in [-0.39, 0.29) is 11.7 Å². The molecule has 0 unspecified atom stereocenters. The first-order valence-corrected chi connectivity index (χ1v) is 9.80. The van der Waals surface area contributed by atoms with Crippen LogP contribution in [0.3, 0.4) is 0 Å². The lowest BCUT2D eigenvalue weighted by molar-refractivity contribution is 0.0951. The van der Waals surface area contributed by atoms with Gasteiger partial charge in [0, 0.05) is 35.6 Å². The quantitative estimate of drug-likeness (QED) is 0.491. The third-order valence-corrected chi connectivity index (χ3v) is 4.90. The lowest BCUT2D eigenvalue weighted by atomic mass is 10.0. The zero-order valence-corrected chi connectivity index (χ0v) is 17.0. The molecule has 0 saturated carbocycles. The van der Waals surface area contributed by atoms with Crippen molar-refractivity contribution in [3.05, 3.63) is 90.6 Å². The maximum Gasteiger partial charge on any atom is 0.251 e. The fourth-order valence-electron chi connectivity index (χ4n) is 3.38. The highest BCUT2D eigenvalue weighted by molar-refractivity contribution is 5.94. The summed E-state index contributed by atoms with van der Waals surface area (Å²) >= 11 is 0. The fourth-order valence-corrected chi connectivity index (χ4v) is 3.38. The van der Waals surface area contributed by atoms with E-state index in [1.54, 1.807) is 72.8 Å². The largest absolute Gasteiger partial charge is 0.497 e. The summed E-state index contributed by atoms with van der Waals surface area (Å²) in [5.41, 5.74) is 3.30. The first-order valence-electron chi connectivity index (χ1n) is 9.80. The van der Waals surface area contributed by atoms with Gasteiger partial charge in [0.25, 0.3) is 5.91 Å². The molecule has 0 aliphatic rings. The predicted octanol–water partition coefficient (Wildman–Crippen LogP) is 4.19. The van der Waals surface area contributed by atoms with Crippen molar-refractivity contribution in [2.75, 3.05) is 13.7 Å². The third-order valence-electron chi connectivity index (χ3n) is 4.90. The number of nitrogens with one attached hydrogen (secondary N) is 1. The minimum atomic E-state index is -0.333. The molecule has 0 aliphatic heterocycles. The average molecular weight is 416 g/mol. The summed E-state index contributed by atoms with van der Waals surface area (Å²) in [4.78, 5) is 16.5. The summed E-state index contributed by atoms with van der Waals surface area (Å²) in [6.07, 6.45) is 5.08. The number of nitrogens with zero attached hydrogens (tertiary/aromatic N) is 3. The van der Waals surface area contributed by atoms with Crippen molar-refractivity contribution >= 4 is 5.91 Å². The number of carbonyl (C=O) groups excluding carboxylic acids is 1. The van der Waals surface area contributed by atoms with Crippen LogP contribution in [0.25, 0.3) is 22.4 Å². The second-order valence-corrected chi connectivity index (χ2v) is 6.83. The summed E-state index contributed by atoms with van der Waals surface area (Å²) < 4.78 is 21.5. The zero-order valence-electron chi connectivity index (χ0n) is 17.0. The molecule has 2 aromatic carbocycles. The van der Waals surface area contributed by atoms with Gasteiger partial charge in [-0.25, -0.2) is 4.39 Å². The number of hydrogen-bond donors (Lipinski definition) is 1. The molecule has 0 saturated heterocycles. The van der Waals surface area contributed by atoms with E-state index in [1.165, 1.54) is 6.07 Å². The van der Waals surface area contributed by atoms with Gasteiger partial charge in [0.15, 0.2) is 0 Å². The minimum absolute atomic E-state index is 0.215. The molecule has 4 aromatic rings. The monoisotopic (exact) mass is 416 g/mol. The second-order valence-electron chi connectivity index (χ2n) is 6.83. The molecule has 0 radical (unpaired) electrons. The van der Waals surface area contributed by atoms with E-state index >= 15 is 0 Å². The van der Waals surface area contributed by atoms with Crippen LogP contribution in [-0.4, -0.2) is 34.3 Å². The number of aromatic nitrogens is 3. The summed E-state index contributed by atoms with van der Waals surface area (Å²) in [6, 6.07) is 17.2. The molecule has 6 nitrogen and oxygen atoms in total. The Hall–Kier alpha value is -4.00. The molecule has 0 atom stereocenters. The predicted molar refractivity (Wildman–Crippen MR) is 116 cm³/mol. The molecule has 0 aliphatic carbocycles. The van der Waals surface area contributed by atoms with Gasteiger partial charge in [0.2, 0.25) is 0 Å². The Kier molecular flexibility index (Phi) is 6.03. The fraction of sp³-hybridized carbons (Fsp3) is 0.125. The third kappa shape index (κ3) is 4.45. The molecule has 156 valence electrons. The molecule has 0 bridgehead atoms. The lowest BCUT2D eigenvalue weighted by Gasteiger charge is -2.12. The SMILES string of the molecule is COc1cccc(C(=O)NCCn2ncc(-c3ccncc3)c2-c2ccccc2F)c1. The van der Waals surface area contributed by atoms with Gasteiger partial charge in [0.1, 0.15) is 11.6 Å². The Morgan fingerprint density at radius 3 is 2.65 bits per heavy atom.